The van der Waals surface area contributed by atoms with Crippen LogP contribution in [0.15, 0.2) is 30.5 Å². The monoisotopic (exact) mass is 329 g/mol. The average molecular weight is 329 g/mol. The highest BCUT2D eigenvalue weighted by atomic mass is 32.2. The minimum atomic E-state index is -0.344. The van der Waals surface area contributed by atoms with Crippen molar-refractivity contribution in [1.82, 2.24) is 14.8 Å². The highest BCUT2D eigenvalue weighted by Gasteiger charge is 2.40. The maximum Gasteiger partial charge on any atom is 0.257 e. The predicted molar refractivity (Wildman–Crippen MR) is 91.4 cm³/mol. The Labute approximate surface area is 139 Å². The second kappa shape index (κ2) is 5.60. The number of likely N-dealkylation sites (N-methyl/N-ethyl adjacent to an activating group) is 1. The Bertz CT molecular complexity index is 768. The molecule has 1 aliphatic carbocycles. The second-order valence-corrected chi connectivity index (χ2v) is 7.22. The number of amides is 2. The molecule has 5 nitrogen and oxygen atoms in total. The molecule has 2 fully saturated rings. The van der Waals surface area contributed by atoms with Crippen LogP contribution < -0.4 is 0 Å². The van der Waals surface area contributed by atoms with E-state index >= 15 is 0 Å². The highest BCUT2D eigenvalue weighted by Crippen LogP contribution is 2.30. The standard InChI is InChI=1S/C17H19N3O2S/c1-19(12-5-6-12)17(22)14-9-23-10-20(14)16(21)13-4-2-3-11-7-8-18-15(11)13/h2-4,7-8,12,14,18H,5-6,9-10H2,1H3/t14-/m1/s1. The first-order chi connectivity index (χ1) is 11.2. The number of carbonyl (C=O) groups is 2. The number of H-pyrrole nitrogens is 1. The van der Waals surface area contributed by atoms with Crippen LogP contribution >= 0.6 is 11.8 Å². The van der Waals surface area contributed by atoms with E-state index in [9.17, 15) is 9.59 Å². The Morgan fingerprint density at radius 2 is 2.13 bits per heavy atom. The predicted octanol–water partition coefficient (Wildman–Crippen LogP) is 2.30. The van der Waals surface area contributed by atoms with Crippen molar-refractivity contribution >= 4 is 34.5 Å². The van der Waals surface area contributed by atoms with E-state index in [-0.39, 0.29) is 17.9 Å². The lowest BCUT2D eigenvalue weighted by molar-refractivity contribution is -0.134. The molecular formula is C17H19N3O2S. The summed E-state index contributed by atoms with van der Waals surface area (Å²) < 4.78 is 0. The van der Waals surface area contributed by atoms with Crippen LogP contribution in [0.1, 0.15) is 23.2 Å². The summed E-state index contributed by atoms with van der Waals surface area (Å²) in [6, 6.07) is 7.68. The van der Waals surface area contributed by atoms with Crippen LogP contribution in [-0.4, -0.2) is 57.4 Å². The van der Waals surface area contributed by atoms with Crippen LogP contribution in [0.5, 0.6) is 0 Å². The molecule has 1 saturated carbocycles. The molecule has 6 heteroatoms. The Balaban J connectivity index is 1.62. The Hall–Kier alpha value is -1.95. The summed E-state index contributed by atoms with van der Waals surface area (Å²) in [5.41, 5.74) is 1.48. The normalized spacial score (nSPS) is 20.9. The lowest BCUT2D eigenvalue weighted by Gasteiger charge is -2.27. The van der Waals surface area contributed by atoms with Gasteiger partial charge in [-0.1, -0.05) is 12.1 Å². The zero-order valence-corrected chi connectivity index (χ0v) is 13.8. The van der Waals surface area contributed by atoms with Gasteiger partial charge >= 0.3 is 0 Å². The number of fused-ring (bicyclic) bond motifs is 1. The fourth-order valence-corrected chi connectivity index (χ4v) is 4.29. The molecule has 0 radical (unpaired) electrons. The van der Waals surface area contributed by atoms with Crippen LogP contribution in [-0.2, 0) is 4.79 Å². The lowest BCUT2D eigenvalue weighted by atomic mass is 10.1. The van der Waals surface area contributed by atoms with Crippen molar-refractivity contribution in [2.24, 2.45) is 0 Å². The summed E-state index contributed by atoms with van der Waals surface area (Å²) in [7, 11) is 1.86. The smallest absolute Gasteiger partial charge is 0.257 e. The minimum Gasteiger partial charge on any atom is -0.361 e. The molecule has 23 heavy (non-hydrogen) atoms. The molecule has 2 aliphatic rings. The third-order valence-corrected chi connectivity index (χ3v) is 5.70. The number of hydrogen-bond acceptors (Lipinski definition) is 3. The Morgan fingerprint density at radius 1 is 1.30 bits per heavy atom. The summed E-state index contributed by atoms with van der Waals surface area (Å²) in [6.45, 7) is 0. The van der Waals surface area contributed by atoms with E-state index in [1.807, 2.05) is 42.4 Å². The molecule has 1 aliphatic heterocycles. The van der Waals surface area contributed by atoms with Gasteiger partial charge in [0.1, 0.15) is 6.04 Å². The van der Waals surface area contributed by atoms with Crippen molar-refractivity contribution in [1.29, 1.82) is 0 Å². The number of para-hydroxylation sites is 1. The molecule has 1 N–H and O–H groups in total. The number of aromatic nitrogens is 1. The van der Waals surface area contributed by atoms with Crippen LogP contribution in [0.25, 0.3) is 10.9 Å². The summed E-state index contributed by atoms with van der Waals surface area (Å²) >= 11 is 1.65. The van der Waals surface area contributed by atoms with Crippen LogP contribution in [0.3, 0.4) is 0 Å². The zero-order chi connectivity index (χ0) is 16.0. The molecule has 1 aromatic carbocycles. The van der Waals surface area contributed by atoms with Gasteiger partial charge < -0.3 is 14.8 Å². The first-order valence-corrected chi connectivity index (χ1v) is 9.04. The van der Waals surface area contributed by atoms with Gasteiger partial charge in [-0.15, -0.1) is 11.8 Å². The van der Waals surface area contributed by atoms with Gasteiger partial charge in [0.2, 0.25) is 5.91 Å². The van der Waals surface area contributed by atoms with Crippen molar-refractivity contribution in [3.05, 3.63) is 36.0 Å². The van der Waals surface area contributed by atoms with E-state index in [1.165, 1.54) is 0 Å². The van der Waals surface area contributed by atoms with Gasteiger partial charge in [-0.3, -0.25) is 9.59 Å². The topological polar surface area (TPSA) is 56.4 Å². The fourth-order valence-electron chi connectivity index (χ4n) is 3.14. The summed E-state index contributed by atoms with van der Waals surface area (Å²) in [6.07, 6.45) is 4.00. The molecule has 0 unspecified atom stereocenters. The molecule has 2 amide bonds. The molecule has 2 aromatic rings. The van der Waals surface area contributed by atoms with E-state index < -0.39 is 0 Å². The van der Waals surface area contributed by atoms with E-state index in [1.54, 1.807) is 16.7 Å². The molecule has 4 rings (SSSR count). The van der Waals surface area contributed by atoms with E-state index in [4.69, 9.17) is 0 Å². The summed E-state index contributed by atoms with van der Waals surface area (Å²) in [4.78, 5) is 32.4. The zero-order valence-electron chi connectivity index (χ0n) is 13.0. The maximum absolute atomic E-state index is 13.0. The van der Waals surface area contributed by atoms with Crippen LogP contribution in [0, 0.1) is 0 Å². The van der Waals surface area contributed by atoms with Gasteiger partial charge in [0.25, 0.3) is 5.91 Å². The molecule has 0 bridgehead atoms. The molecule has 0 spiro atoms. The number of aromatic amines is 1. The summed E-state index contributed by atoms with van der Waals surface area (Å²) in [5.74, 6) is 1.27. The van der Waals surface area contributed by atoms with Crippen molar-refractivity contribution in [3.8, 4) is 0 Å². The fraction of sp³-hybridized carbons (Fsp3) is 0.412. The number of nitrogens with one attached hydrogen (secondary N) is 1. The molecule has 1 saturated heterocycles. The molecule has 1 aromatic heterocycles. The van der Waals surface area contributed by atoms with E-state index in [2.05, 4.69) is 4.98 Å². The lowest BCUT2D eigenvalue weighted by Crippen LogP contribution is -2.48. The SMILES string of the molecule is CN(C(=O)[C@H]1CSCN1C(=O)c1cccc2cc[nH]c12)C1CC1. The third kappa shape index (κ3) is 2.51. The second-order valence-electron chi connectivity index (χ2n) is 6.22. The third-order valence-electron chi connectivity index (χ3n) is 4.69. The quantitative estimate of drug-likeness (QED) is 0.940. The number of thioether (sulfide) groups is 1. The van der Waals surface area contributed by atoms with Crippen molar-refractivity contribution in [2.75, 3.05) is 18.7 Å². The van der Waals surface area contributed by atoms with Gasteiger partial charge in [0.15, 0.2) is 0 Å². The summed E-state index contributed by atoms with van der Waals surface area (Å²) in [5, 5.41) is 1.01. The van der Waals surface area contributed by atoms with E-state index in [0.29, 0.717) is 23.2 Å². The van der Waals surface area contributed by atoms with Gasteiger partial charge in [0, 0.05) is 30.4 Å². The van der Waals surface area contributed by atoms with Gasteiger partial charge in [0.05, 0.1) is 17.0 Å². The molecule has 120 valence electrons. The van der Waals surface area contributed by atoms with Gasteiger partial charge in [-0.05, 0) is 25.0 Å². The van der Waals surface area contributed by atoms with Gasteiger partial charge in [-0.25, -0.2) is 0 Å². The molecule has 1 atom stereocenters. The Kier molecular flexibility index (Phi) is 3.56. The highest BCUT2D eigenvalue weighted by molar-refractivity contribution is 7.99. The number of nitrogens with zero attached hydrogens (tertiary/aromatic N) is 2. The number of benzene rings is 1. The van der Waals surface area contributed by atoms with Crippen LogP contribution in [0.4, 0.5) is 0 Å². The molecule has 2 heterocycles. The number of hydrogen-bond donors (Lipinski definition) is 1. The minimum absolute atomic E-state index is 0.0643. The van der Waals surface area contributed by atoms with Crippen LogP contribution in [0.2, 0.25) is 0 Å². The molecular weight excluding hydrogens is 310 g/mol. The number of carbonyl (C=O) groups excluding carboxylic acids is 2. The Morgan fingerprint density at radius 3 is 2.91 bits per heavy atom. The van der Waals surface area contributed by atoms with Crippen molar-refractivity contribution in [2.45, 2.75) is 24.9 Å². The maximum atomic E-state index is 13.0. The van der Waals surface area contributed by atoms with Crippen molar-refractivity contribution in [3.63, 3.8) is 0 Å². The van der Waals surface area contributed by atoms with E-state index in [0.717, 1.165) is 23.7 Å². The van der Waals surface area contributed by atoms with Gasteiger partial charge in [-0.2, -0.15) is 0 Å². The first kappa shape index (κ1) is 14.6. The largest absolute Gasteiger partial charge is 0.361 e. The number of rotatable bonds is 3. The first-order valence-electron chi connectivity index (χ1n) is 7.88. The average Bonchev–Trinajstić information content (AvgIpc) is 3.11. The van der Waals surface area contributed by atoms with Crippen molar-refractivity contribution < 1.29 is 9.59 Å².